The lowest BCUT2D eigenvalue weighted by Crippen LogP contribution is -2.67. The van der Waals surface area contributed by atoms with Crippen molar-refractivity contribution < 1.29 is 47.5 Å². The largest absolute Gasteiger partial charge is 0.457 e. The number of aliphatic hydroxyl groups excluding tert-OH is 1. The molecule has 2 heterocycles. The van der Waals surface area contributed by atoms with Crippen LogP contribution < -0.4 is 10.4 Å². The number of cyclic esters (lactones) is 1. The first kappa shape index (κ1) is 52.1. The zero-order valence-electron chi connectivity index (χ0n) is 39.7. The van der Waals surface area contributed by atoms with Gasteiger partial charge < -0.3 is 38.0 Å². The molecule has 10 nitrogen and oxygen atoms in total. The number of rotatable bonds is 11. The van der Waals surface area contributed by atoms with Gasteiger partial charge in [-0.2, -0.15) is 0 Å². The van der Waals surface area contributed by atoms with Crippen molar-refractivity contribution >= 4 is 30.4 Å². The summed E-state index contributed by atoms with van der Waals surface area (Å²) in [4.78, 5) is 28.3. The third-order valence-corrected chi connectivity index (χ3v) is 17.3. The molecule has 2 aromatic carbocycles. The molecule has 0 unspecified atom stereocenters. The Bertz CT molecular complexity index is 1780. The van der Waals surface area contributed by atoms with Crippen molar-refractivity contribution in [2.45, 2.75) is 142 Å². The Labute approximate surface area is 379 Å². The van der Waals surface area contributed by atoms with Gasteiger partial charge in [-0.25, -0.2) is 4.79 Å². The number of hydrogen-bond donors (Lipinski definition) is 1. The number of esters is 1. The van der Waals surface area contributed by atoms with Crippen LogP contribution >= 0.6 is 0 Å². The van der Waals surface area contributed by atoms with Crippen molar-refractivity contribution in [2.24, 2.45) is 17.8 Å². The lowest BCUT2D eigenvalue weighted by Gasteiger charge is -2.43. The van der Waals surface area contributed by atoms with E-state index in [1.54, 1.807) is 6.92 Å². The zero-order valence-corrected chi connectivity index (χ0v) is 40.7. The predicted octanol–water partition coefficient (Wildman–Crippen LogP) is 8.81. The second kappa shape index (κ2) is 25.2. The van der Waals surface area contributed by atoms with E-state index in [0.717, 1.165) is 40.8 Å². The van der Waals surface area contributed by atoms with Crippen molar-refractivity contribution in [1.82, 2.24) is 0 Å². The molecule has 9 atom stereocenters. The summed E-state index contributed by atoms with van der Waals surface area (Å²) in [7, 11) is -0.0425. The van der Waals surface area contributed by atoms with Crippen molar-refractivity contribution in [1.29, 1.82) is 0 Å². The number of aliphatic hydroxyl groups is 1. The van der Waals surface area contributed by atoms with Crippen LogP contribution in [-0.2, 0) is 42.4 Å². The number of ketones is 1. The van der Waals surface area contributed by atoms with E-state index in [4.69, 9.17) is 32.8 Å². The van der Waals surface area contributed by atoms with E-state index in [-0.39, 0.29) is 62.0 Å². The van der Waals surface area contributed by atoms with Gasteiger partial charge in [0.15, 0.2) is 5.78 Å². The molecular formula is C52H76O10Si. The number of carbonyl (C=O) groups is 2. The summed E-state index contributed by atoms with van der Waals surface area (Å²) in [5.74, 6) is -0.810. The van der Waals surface area contributed by atoms with E-state index >= 15 is 0 Å². The zero-order chi connectivity index (χ0) is 46.2. The molecule has 2 aromatic rings. The quantitative estimate of drug-likeness (QED) is 0.0771. The molecule has 0 radical (unpaired) electrons. The molecule has 348 valence electrons. The Morgan fingerprint density at radius 2 is 1.46 bits per heavy atom. The minimum atomic E-state index is -3.05. The Kier molecular flexibility index (Phi) is 20.9. The molecule has 4 rings (SSSR count). The van der Waals surface area contributed by atoms with Crippen LogP contribution in [0.1, 0.15) is 100 Å². The molecule has 0 aliphatic carbocycles. The first-order valence-corrected chi connectivity index (χ1v) is 24.6. The highest BCUT2D eigenvalue weighted by Gasteiger charge is 2.51. The number of epoxide rings is 1. The van der Waals surface area contributed by atoms with Gasteiger partial charge in [-0.1, -0.05) is 144 Å². The van der Waals surface area contributed by atoms with Crippen LogP contribution in [0.15, 0.2) is 108 Å². The normalized spacial score (nSPS) is 30.3. The van der Waals surface area contributed by atoms with E-state index in [1.807, 2.05) is 56.3 Å². The Morgan fingerprint density at radius 1 is 0.841 bits per heavy atom. The highest BCUT2D eigenvalue weighted by Crippen LogP contribution is 2.38. The summed E-state index contributed by atoms with van der Waals surface area (Å²) in [6, 6.07) is 20.7. The maximum absolute atomic E-state index is 14.3. The number of methoxy groups -OCH3 is 2. The van der Waals surface area contributed by atoms with Gasteiger partial charge >= 0.3 is 5.97 Å². The van der Waals surface area contributed by atoms with E-state index in [1.165, 1.54) is 14.2 Å². The third kappa shape index (κ3) is 15.6. The van der Waals surface area contributed by atoms with Crippen LogP contribution in [0.2, 0.25) is 5.04 Å². The molecule has 0 spiro atoms. The predicted molar refractivity (Wildman–Crippen MR) is 252 cm³/mol. The van der Waals surface area contributed by atoms with Crippen LogP contribution in [0.4, 0.5) is 0 Å². The fourth-order valence-electron chi connectivity index (χ4n) is 8.83. The standard InChI is InChI=1S/C52H76O10Si/c1-36-27-37(2)29-48-47(62-48)26-20-12-15-21-38(3)51(55)61-43(33-60-63(52(7,8)9,44-22-16-13-17-23-44)45-24-18-14-19-25-45)31-41(6)49(58-34-56-10)50(59-35-57-11)46(54)32-42(53)30-40(5)39(4)28-36/h13-14,16-26,28,37,40-43,47-50,53H,1,12,15,27,29-35H2,2-11H3/b26-20+,38-21+,39-28+/t37-,40+,41-,42+,43-,47+,48+,49+,50+/m1/s1. The average molecular weight is 889 g/mol. The fraction of sp³-hybridized carbons (Fsp3) is 0.577. The topological polar surface area (TPSA) is 122 Å². The first-order valence-electron chi connectivity index (χ1n) is 22.7. The lowest BCUT2D eigenvalue weighted by molar-refractivity contribution is -0.183. The van der Waals surface area contributed by atoms with Crippen molar-refractivity contribution in [3.8, 4) is 0 Å². The van der Waals surface area contributed by atoms with E-state index in [9.17, 15) is 14.7 Å². The van der Waals surface area contributed by atoms with E-state index < -0.39 is 44.6 Å². The van der Waals surface area contributed by atoms with Crippen molar-refractivity contribution in [2.75, 3.05) is 34.4 Å². The number of fused-ring (bicyclic) bond motifs is 1. The van der Waals surface area contributed by atoms with E-state index in [0.29, 0.717) is 24.3 Å². The smallest absolute Gasteiger partial charge is 0.333 e. The minimum Gasteiger partial charge on any atom is -0.457 e. The maximum Gasteiger partial charge on any atom is 0.333 e. The molecular weight excluding hydrogens is 813 g/mol. The van der Waals surface area contributed by atoms with Gasteiger partial charge in [-0.3, -0.25) is 4.79 Å². The second-order valence-electron chi connectivity index (χ2n) is 18.8. The number of ether oxygens (including phenoxy) is 6. The fourth-order valence-corrected chi connectivity index (χ4v) is 13.4. The Morgan fingerprint density at radius 3 is 2.06 bits per heavy atom. The second-order valence-corrected chi connectivity index (χ2v) is 23.1. The van der Waals surface area contributed by atoms with Gasteiger partial charge in [-0.05, 0) is 85.5 Å². The maximum atomic E-state index is 14.3. The third-order valence-electron chi connectivity index (χ3n) is 12.3. The monoisotopic (exact) mass is 889 g/mol. The molecule has 1 fully saturated rings. The van der Waals surface area contributed by atoms with E-state index in [2.05, 4.69) is 83.7 Å². The van der Waals surface area contributed by atoms with Gasteiger partial charge in [0.1, 0.15) is 31.9 Å². The molecule has 2 aliphatic rings. The van der Waals surface area contributed by atoms with Gasteiger partial charge in [0.2, 0.25) is 0 Å². The number of benzene rings is 2. The summed E-state index contributed by atoms with van der Waals surface area (Å²) in [6.45, 7) is 20.8. The van der Waals surface area contributed by atoms with Gasteiger partial charge in [0.05, 0.1) is 24.9 Å². The number of carbonyl (C=O) groups excluding carboxylic acids is 2. The number of Topliss-reactive ketones (excluding diaryl/α,β-unsaturated/α-hetero) is 1. The summed E-state index contributed by atoms with van der Waals surface area (Å²) in [5, 5.41) is 13.2. The van der Waals surface area contributed by atoms with Gasteiger partial charge in [0.25, 0.3) is 8.32 Å². The van der Waals surface area contributed by atoms with Crippen LogP contribution in [0.25, 0.3) is 0 Å². The highest BCUT2D eigenvalue weighted by atomic mass is 28.4. The molecule has 0 saturated carbocycles. The Balaban J connectivity index is 1.73. The minimum absolute atomic E-state index is 0.000921. The van der Waals surface area contributed by atoms with Crippen molar-refractivity contribution in [3.05, 3.63) is 108 Å². The molecule has 1 N–H and O–H groups in total. The van der Waals surface area contributed by atoms with Crippen LogP contribution in [0.3, 0.4) is 0 Å². The van der Waals surface area contributed by atoms with Crippen molar-refractivity contribution in [3.63, 3.8) is 0 Å². The summed E-state index contributed by atoms with van der Waals surface area (Å²) < 4.78 is 42.8. The molecule has 1 saturated heterocycles. The molecule has 2 aliphatic heterocycles. The van der Waals surface area contributed by atoms with Gasteiger partial charge in [0, 0.05) is 26.2 Å². The van der Waals surface area contributed by atoms with Crippen LogP contribution in [0.5, 0.6) is 0 Å². The number of allylic oxidation sites excluding steroid dienone is 5. The van der Waals surface area contributed by atoms with Crippen LogP contribution in [0, 0.1) is 17.8 Å². The van der Waals surface area contributed by atoms with Gasteiger partial charge in [-0.15, -0.1) is 0 Å². The summed E-state index contributed by atoms with van der Waals surface area (Å²) in [5.41, 5.74) is 2.62. The molecule has 0 aromatic heterocycles. The molecule has 0 amide bonds. The van der Waals surface area contributed by atoms with Crippen LogP contribution in [-0.4, -0.2) is 96.2 Å². The SMILES string of the molecule is C=C1/C=C(\C)[C@@H](C)C[C@H](O)CC(=O)[C@H](OCOC)[C@@H](OCOC)[C@H](C)C[C@H](CO[Si](c2ccccc2)(c2ccccc2)C(C)(C)C)OC(=O)/C(C)=C/CC/C=C/[C@@H]2O[C@H]2C[C@H](C)C1. The summed E-state index contributed by atoms with van der Waals surface area (Å²) in [6.07, 6.45) is 8.61. The highest BCUT2D eigenvalue weighted by molar-refractivity contribution is 6.99. The molecule has 11 heteroatoms. The molecule has 0 bridgehead atoms. The summed E-state index contributed by atoms with van der Waals surface area (Å²) >= 11 is 0. The number of hydrogen-bond acceptors (Lipinski definition) is 10. The Hall–Kier alpha value is -3.52. The average Bonchev–Trinajstić information content (AvgIpc) is 3.98. The first-order chi connectivity index (χ1) is 30.0. The lowest BCUT2D eigenvalue weighted by atomic mass is 9.88. The molecule has 63 heavy (non-hydrogen) atoms.